The first-order valence-corrected chi connectivity index (χ1v) is 11.2. The Morgan fingerprint density at radius 1 is 0.545 bits per heavy atom. The van der Waals surface area contributed by atoms with Crippen molar-refractivity contribution in [2.45, 2.75) is 0 Å². The van der Waals surface area contributed by atoms with E-state index >= 15 is 0 Å². The lowest BCUT2D eigenvalue weighted by molar-refractivity contribution is 1.07. The van der Waals surface area contributed by atoms with Gasteiger partial charge in [-0.1, -0.05) is 48.5 Å². The topological polar surface area (TPSA) is 22.6 Å². The van der Waals surface area contributed by atoms with Crippen LogP contribution in [0.5, 0.6) is 0 Å². The normalized spacial score (nSPS) is 13.6. The molecular formula is C29H22N4. The van der Waals surface area contributed by atoms with Crippen LogP contribution >= 0.6 is 0 Å². The molecule has 0 radical (unpaired) electrons. The van der Waals surface area contributed by atoms with E-state index in [2.05, 4.69) is 120 Å². The smallest absolute Gasteiger partial charge is 0.0940 e. The molecular weight excluding hydrogens is 404 g/mol. The van der Waals surface area contributed by atoms with Gasteiger partial charge in [0.05, 0.1) is 51.0 Å². The maximum absolute atomic E-state index is 4.99. The van der Waals surface area contributed by atoms with E-state index in [9.17, 15) is 0 Å². The Morgan fingerprint density at radius 2 is 1.09 bits per heavy atom. The molecule has 2 aliphatic rings. The molecule has 2 aliphatic heterocycles. The average Bonchev–Trinajstić information content (AvgIpc) is 2.88. The van der Waals surface area contributed by atoms with Crippen molar-refractivity contribution in [2.75, 3.05) is 28.8 Å². The number of rotatable bonds is 1. The first kappa shape index (κ1) is 18.3. The lowest BCUT2D eigenvalue weighted by Crippen LogP contribution is -2.30. The van der Waals surface area contributed by atoms with Crippen LogP contribution < -0.4 is 14.7 Å². The van der Waals surface area contributed by atoms with Gasteiger partial charge in [0, 0.05) is 25.0 Å². The fourth-order valence-electron chi connectivity index (χ4n) is 5.22. The summed E-state index contributed by atoms with van der Waals surface area (Å²) in [4.78, 5) is 12.0. The quantitative estimate of drug-likeness (QED) is 0.276. The molecule has 4 aromatic carbocycles. The minimum Gasteiger partial charge on any atom is -0.341 e. The number of anilines is 7. The minimum absolute atomic E-state index is 0.985. The monoisotopic (exact) mass is 426 g/mol. The number of pyridine rings is 1. The van der Waals surface area contributed by atoms with Crippen LogP contribution in [-0.4, -0.2) is 19.1 Å². The molecule has 33 heavy (non-hydrogen) atoms. The van der Waals surface area contributed by atoms with E-state index in [1.807, 2.05) is 6.07 Å². The minimum atomic E-state index is 0.985. The van der Waals surface area contributed by atoms with E-state index in [-0.39, 0.29) is 0 Å². The van der Waals surface area contributed by atoms with Crippen molar-refractivity contribution in [1.29, 1.82) is 0 Å². The van der Waals surface area contributed by atoms with Gasteiger partial charge in [-0.3, -0.25) is 0 Å². The van der Waals surface area contributed by atoms with E-state index in [0.29, 0.717) is 0 Å². The molecule has 0 saturated carbocycles. The first-order chi connectivity index (χ1) is 16.2. The van der Waals surface area contributed by atoms with Crippen molar-refractivity contribution >= 4 is 50.7 Å². The van der Waals surface area contributed by atoms with Crippen LogP contribution in [0.4, 0.5) is 39.8 Å². The molecule has 0 N–H and O–H groups in total. The maximum atomic E-state index is 4.99. The second-order valence-electron chi connectivity index (χ2n) is 8.68. The molecule has 4 nitrogen and oxygen atoms in total. The Balaban J connectivity index is 1.52. The number of para-hydroxylation sites is 5. The van der Waals surface area contributed by atoms with Crippen LogP contribution in [-0.2, 0) is 0 Å². The molecule has 0 aliphatic carbocycles. The molecule has 4 heteroatoms. The third kappa shape index (κ3) is 2.49. The molecule has 0 bridgehead atoms. The Bertz CT molecular complexity index is 1500. The van der Waals surface area contributed by atoms with Crippen LogP contribution in [0.2, 0.25) is 0 Å². The second-order valence-corrected chi connectivity index (χ2v) is 8.68. The molecule has 0 unspecified atom stereocenters. The lowest BCUT2D eigenvalue weighted by Gasteiger charge is -2.45. The van der Waals surface area contributed by atoms with Gasteiger partial charge in [-0.05, 0) is 48.5 Å². The number of benzene rings is 4. The van der Waals surface area contributed by atoms with Crippen LogP contribution in [0, 0.1) is 0 Å². The van der Waals surface area contributed by atoms with E-state index in [0.717, 1.165) is 22.2 Å². The number of aromatic nitrogens is 1. The van der Waals surface area contributed by atoms with Crippen LogP contribution in [0.3, 0.4) is 0 Å². The molecule has 0 saturated heterocycles. The van der Waals surface area contributed by atoms with Crippen molar-refractivity contribution in [2.24, 2.45) is 0 Å². The Morgan fingerprint density at radius 3 is 1.73 bits per heavy atom. The number of fused-ring (bicyclic) bond motifs is 5. The predicted molar refractivity (Wildman–Crippen MR) is 138 cm³/mol. The molecule has 1 aromatic heterocycles. The highest BCUT2D eigenvalue weighted by Crippen LogP contribution is 2.60. The van der Waals surface area contributed by atoms with Gasteiger partial charge in [0.2, 0.25) is 0 Å². The highest BCUT2D eigenvalue weighted by molar-refractivity contribution is 6.09. The highest BCUT2D eigenvalue weighted by Gasteiger charge is 2.36. The largest absolute Gasteiger partial charge is 0.341 e. The van der Waals surface area contributed by atoms with Crippen LogP contribution in [0.25, 0.3) is 22.2 Å². The first-order valence-electron chi connectivity index (χ1n) is 11.2. The number of hydrogen-bond donors (Lipinski definition) is 0. The van der Waals surface area contributed by atoms with E-state index in [4.69, 9.17) is 4.98 Å². The zero-order valence-corrected chi connectivity index (χ0v) is 18.5. The zero-order valence-electron chi connectivity index (χ0n) is 18.5. The van der Waals surface area contributed by atoms with Crippen molar-refractivity contribution in [3.05, 3.63) is 97.1 Å². The lowest BCUT2D eigenvalue weighted by atomic mass is 9.97. The summed E-state index contributed by atoms with van der Waals surface area (Å²) >= 11 is 0. The highest BCUT2D eigenvalue weighted by atomic mass is 15.3. The molecule has 0 atom stereocenters. The Hall–Kier alpha value is -4.31. The van der Waals surface area contributed by atoms with E-state index in [1.54, 1.807) is 0 Å². The summed E-state index contributed by atoms with van der Waals surface area (Å²) in [7, 11) is 4.31. The van der Waals surface area contributed by atoms with Crippen molar-refractivity contribution in [3.63, 3.8) is 0 Å². The molecule has 0 spiro atoms. The van der Waals surface area contributed by atoms with E-state index < -0.39 is 0 Å². The average molecular weight is 427 g/mol. The summed E-state index contributed by atoms with van der Waals surface area (Å²) < 4.78 is 0. The second kappa shape index (κ2) is 6.59. The predicted octanol–water partition coefficient (Wildman–Crippen LogP) is 7.53. The van der Waals surface area contributed by atoms with Crippen molar-refractivity contribution in [1.82, 2.24) is 4.98 Å². The van der Waals surface area contributed by atoms with Gasteiger partial charge in [-0.2, -0.15) is 0 Å². The van der Waals surface area contributed by atoms with Gasteiger partial charge in [-0.25, -0.2) is 4.98 Å². The van der Waals surface area contributed by atoms with Gasteiger partial charge in [-0.15, -0.1) is 0 Å². The van der Waals surface area contributed by atoms with Gasteiger partial charge < -0.3 is 14.7 Å². The fraction of sp³-hybridized carbons (Fsp3) is 0.0690. The fourth-order valence-corrected chi connectivity index (χ4v) is 5.22. The summed E-state index contributed by atoms with van der Waals surface area (Å²) in [5.41, 5.74) is 11.5. The van der Waals surface area contributed by atoms with Gasteiger partial charge in [0.1, 0.15) is 0 Å². The summed E-state index contributed by atoms with van der Waals surface area (Å²) in [5, 5.41) is 1.16. The van der Waals surface area contributed by atoms with Crippen LogP contribution in [0.1, 0.15) is 0 Å². The third-order valence-corrected chi connectivity index (χ3v) is 6.88. The van der Waals surface area contributed by atoms with E-state index in [1.165, 1.54) is 39.8 Å². The van der Waals surface area contributed by atoms with Crippen molar-refractivity contribution in [3.8, 4) is 11.3 Å². The Kier molecular flexibility index (Phi) is 3.65. The van der Waals surface area contributed by atoms with Crippen molar-refractivity contribution < 1.29 is 0 Å². The summed E-state index contributed by atoms with van der Waals surface area (Å²) in [6, 6.07) is 34.4. The summed E-state index contributed by atoms with van der Waals surface area (Å²) in [5.74, 6) is 0. The number of hydrogen-bond acceptors (Lipinski definition) is 4. The summed E-state index contributed by atoms with van der Waals surface area (Å²) in [6.45, 7) is 0. The molecule has 7 rings (SSSR count). The van der Waals surface area contributed by atoms with Gasteiger partial charge in [0.15, 0.2) is 0 Å². The van der Waals surface area contributed by atoms with Crippen LogP contribution in [0.15, 0.2) is 97.1 Å². The molecule has 0 fully saturated rings. The summed E-state index contributed by atoms with van der Waals surface area (Å²) in [6.07, 6.45) is 0. The maximum Gasteiger partial charge on any atom is 0.0940 e. The third-order valence-electron chi connectivity index (χ3n) is 6.88. The standard InChI is InChI=1S/C29H22N4/c1-31-23-11-5-7-13-25(23)33-26-14-8-6-12-24(26)32(2)28-18-20(17-27(31)29(28)33)22-16-15-19-9-3-4-10-21(19)30-22/h3-18H,1-2H3. The molecule has 5 aromatic rings. The Labute approximate surface area is 193 Å². The molecule has 0 amide bonds. The SMILES string of the molecule is CN1c2ccccc2N2c3ccccc3N(C)c3cc(-c4ccc5ccccc5n4)cc1c32. The molecule has 158 valence electrons. The number of nitrogens with zero attached hydrogens (tertiary/aromatic N) is 4. The van der Waals surface area contributed by atoms with Gasteiger partial charge in [0.25, 0.3) is 0 Å². The van der Waals surface area contributed by atoms with Gasteiger partial charge >= 0.3 is 0 Å². The zero-order chi connectivity index (χ0) is 22.1. The molecule has 3 heterocycles.